The van der Waals surface area contributed by atoms with Crippen LogP contribution >= 0.6 is 11.8 Å². The summed E-state index contributed by atoms with van der Waals surface area (Å²) in [6.45, 7) is 10.8. The summed E-state index contributed by atoms with van der Waals surface area (Å²) in [5.74, 6) is 2.44. The van der Waals surface area contributed by atoms with Crippen LogP contribution in [0.5, 0.6) is 0 Å². The first-order valence-electron chi connectivity index (χ1n) is 7.11. The number of hydrogen-bond donors (Lipinski definition) is 0. The Morgan fingerprint density at radius 2 is 2.00 bits per heavy atom. The number of carbonyl (C=O) groups excluding carboxylic acids is 1. The molecule has 2 rings (SSSR count). The summed E-state index contributed by atoms with van der Waals surface area (Å²) in [7, 11) is 0. The fraction of sp³-hybridized carbons (Fsp3) is 0.714. The second-order valence-corrected chi connectivity index (χ2v) is 6.10. The molecule has 0 aliphatic carbocycles. The molecule has 0 spiro atoms. The predicted molar refractivity (Wildman–Crippen MR) is 80.8 cm³/mol. The second-order valence-electron chi connectivity index (χ2n) is 5.11. The lowest BCUT2D eigenvalue weighted by Gasteiger charge is -2.34. The van der Waals surface area contributed by atoms with Gasteiger partial charge in [0.25, 0.3) is 0 Å². The average Bonchev–Trinajstić information content (AvgIpc) is 2.79. The fourth-order valence-electron chi connectivity index (χ4n) is 2.35. The van der Waals surface area contributed by atoms with Crippen LogP contribution in [0.3, 0.4) is 0 Å². The molecular weight excluding hydrogens is 274 g/mol. The smallest absolute Gasteiger partial charge is 0.232 e. The van der Waals surface area contributed by atoms with E-state index in [1.54, 1.807) is 11.8 Å². The van der Waals surface area contributed by atoms with Gasteiger partial charge in [-0.1, -0.05) is 12.1 Å². The predicted octanol–water partition coefficient (Wildman–Crippen LogP) is 1.69. The van der Waals surface area contributed by atoms with E-state index in [-0.39, 0.29) is 5.91 Å². The maximum absolute atomic E-state index is 12.1. The van der Waals surface area contributed by atoms with Crippen LogP contribution in [0.4, 0.5) is 0 Å². The zero-order valence-corrected chi connectivity index (χ0v) is 13.3. The van der Waals surface area contributed by atoms with Crippen molar-refractivity contribution in [1.82, 2.24) is 15.0 Å². The largest absolute Gasteiger partial charge is 0.361 e. The lowest BCUT2D eigenvalue weighted by Crippen LogP contribution is -2.49. The highest BCUT2D eigenvalue weighted by Gasteiger charge is 2.20. The lowest BCUT2D eigenvalue weighted by molar-refractivity contribution is -0.130. The van der Waals surface area contributed by atoms with Gasteiger partial charge < -0.3 is 14.3 Å². The van der Waals surface area contributed by atoms with E-state index in [0.717, 1.165) is 55.5 Å². The van der Waals surface area contributed by atoms with Crippen LogP contribution in [0.15, 0.2) is 4.52 Å². The third-order valence-electron chi connectivity index (χ3n) is 3.83. The average molecular weight is 297 g/mol. The van der Waals surface area contributed by atoms with Gasteiger partial charge in [0.05, 0.1) is 11.4 Å². The Morgan fingerprint density at radius 3 is 2.55 bits per heavy atom. The standard InChI is InChI=1S/C14H23N3O2S/c1-4-16-5-7-17(8-6-16)14(18)10-20-9-13-11(2)15-19-12(13)3/h4-10H2,1-3H3. The third-order valence-corrected chi connectivity index (χ3v) is 4.77. The molecule has 2 heterocycles. The van der Waals surface area contributed by atoms with Gasteiger partial charge in [0, 0.05) is 37.5 Å². The van der Waals surface area contributed by atoms with Crippen molar-refractivity contribution in [2.75, 3.05) is 38.5 Å². The molecular formula is C14H23N3O2S. The molecule has 0 radical (unpaired) electrons. The zero-order valence-electron chi connectivity index (χ0n) is 12.5. The van der Waals surface area contributed by atoms with Gasteiger partial charge in [-0.2, -0.15) is 0 Å². The van der Waals surface area contributed by atoms with E-state index in [2.05, 4.69) is 17.0 Å². The van der Waals surface area contributed by atoms with Crippen molar-refractivity contribution in [2.24, 2.45) is 0 Å². The summed E-state index contributed by atoms with van der Waals surface area (Å²) in [4.78, 5) is 16.5. The van der Waals surface area contributed by atoms with E-state index >= 15 is 0 Å². The zero-order chi connectivity index (χ0) is 14.5. The molecule has 1 amide bonds. The highest BCUT2D eigenvalue weighted by Crippen LogP contribution is 2.19. The van der Waals surface area contributed by atoms with Crippen LogP contribution in [0.25, 0.3) is 0 Å². The molecule has 1 aromatic rings. The van der Waals surface area contributed by atoms with E-state index in [0.29, 0.717) is 5.75 Å². The first-order valence-corrected chi connectivity index (χ1v) is 8.27. The van der Waals surface area contributed by atoms with Crippen molar-refractivity contribution in [3.05, 3.63) is 17.0 Å². The van der Waals surface area contributed by atoms with Crippen molar-refractivity contribution in [3.63, 3.8) is 0 Å². The molecule has 1 aliphatic heterocycles. The normalized spacial score (nSPS) is 16.6. The van der Waals surface area contributed by atoms with E-state index in [4.69, 9.17) is 4.52 Å². The summed E-state index contributed by atoms with van der Waals surface area (Å²) in [5.41, 5.74) is 2.05. The summed E-state index contributed by atoms with van der Waals surface area (Å²) in [6.07, 6.45) is 0. The number of aryl methyl sites for hydroxylation is 2. The SMILES string of the molecule is CCN1CCN(C(=O)CSCc2c(C)noc2C)CC1. The van der Waals surface area contributed by atoms with E-state index in [1.807, 2.05) is 18.7 Å². The quantitative estimate of drug-likeness (QED) is 0.828. The van der Waals surface area contributed by atoms with Crippen molar-refractivity contribution in [2.45, 2.75) is 26.5 Å². The van der Waals surface area contributed by atoms with Gasteiger partial charge in [0.1, 0.15) is 5.76 Å². The molecule has 0 aromatic carbocycles. The van der Waals surface area contributed by atoms with Crippen molar-refractivity contribution in [3.8, 4) is 0 Å². The number of nitrogens with zero attached hydrogens (tertiary/aromatic N) is 3. The molecule has 0 saturated carbocycles. The van der Waals surface area contributed by atoms with Crippen LogP contribution in [0, 0.1) is 13.8 Å². The first-order chi connectivity index (χ1) is 9.61. The number of aromatic nitrogens is 1. The minimum absolute atomic E-state index is 0.248. The minimum Gasteiger partial charge on any atom is -0.361 e. The summed E-state index contributed by atoms with van der Waals surface area (Å²) < 4.78 is 5.13. The Bertz CT molecular complexity index is 434. The number of carbonyl (C=O) groups is 1. The van der Waals surface area contributed by atoms with Crippen LogP contribution in [-0.2, 0) is 10.5 Å². The Balaban J connectivity index is 1.73. The molecule has 112 valence electrons. The maximum atomic E-state index is 12.1. The molecule has 0 bridgehead atoms. The number of amides is 1. The Labute approximate surface area is 124 Å². The van der Waals surface area contributed by atoms with Gasteiger partial charge in [0.15, 0.2) is 0 Å². The summed E-state index contributed by atoms with van der Waals surface area (Å²) in [6, 6.07) is 0. The minimum atomic E-state index is 0.248. The van der Waals surface area contributed by atoms with Crippen molar-refractivity contribution in [1.29, 1.82) is 0 Å². The van der Waals surface area contributed by atoms with Gasteiger partial charge in [-0.25, -0.2) is 0 Å². The molecule has 1 fully saturated rings. The van der Waals surface area contributed by atoms with Gasteiger partial charge in [-0.15, -0.1) is 11.8 Å². The summed E-state index contributed by atoms with van der Waals surface area (Å²) >= 11 is 1.64. The van der Waals surface area contributed by atoms with Crippen LogP contribution < -0.4 is 0 Å². The molecule has 0 atom stereocenters. The van der Waals surface area contributed by atoms with Crippen LogP contribution in [0.1, 0.15) is 23.9 Å². The number of rotatable bonds is 5. The lowest BCUT2D eigenvalue weighted by atomic mass is 10.2. The number of piperazine rings is 1. The Morgan fingerprint density at radius 1 is 1.30 bits per heavy atom. The molecule has 0 N–H and O–H groups in total. The van der Waals surface area contributed by atoms with E-state index < -0.39 is 0 Å². The first kappa shape index (κ1) is 15.4. The maximum Gasteiger partial charge on any atom is 0.232 e. The second kappa shape index (κ2) is 7.13. The number of hydrogen-bond acceptors (Lipinski definition) is 5. The molecule has 0 unspecified atom stereocenters. The van der Waals surface area contributed by atoms with Gasteiger partial charge in [0.2, 0.25) is 5.91 Å². The molecule has 1 saturated heterocycles. The highest BCUT2D eigenvalue weighted by atomic mass is 32.2. The molecule has 1 aliphatic rings. The third kappa shape index (κ3) is 3.76. The molecule has 5 nitrogen and oxygen atoms in total. The summed E-state index contributed by atoms with van der Waals surface area (Å²) in [5, 5.41) is 3.93. The van der Waals surface area contributed by atoms with Crippen molar-refractivity contribution >= 4 is 17.7 Å². The monoisotopic (exact) mass is 297 g/mol. The van der Waals surface area contributed by atoms with E-state index in [9.17, 15) is 4.79 Å². The Kier molecular flexibility index (Phi) is 5.48. The molecule has 6 heteroatoms. The van der Waals surface area contributed by atoms with Crippen molar-refractivity contribution < 1.29 is 9.32 Å². The molecule has 20 heavy (non-hydrogen) atoms. The van der Waals surface area contributed by atoms with Gasteiger partial charge >= 0.3 is 0 Å². The number of likely N-dealkylation sites (N-methyl/N-ethyl adjacent to an activating group) is 1. The van der Waals surface area contributed by atoms with Gasteiger partial charge in [-0.05, 0) is 20.4 Å². The fourth-order valence-corrected chi connectivity index (χ4v) is 3.43. The van der Waals surface area contributed by atoms with Gasteiger partial charge in [-0.3, -0.25) is 4.79 Å². The number of thioether (sulfide) groups is 1. The Hall–Kier alpha value is -1.01. The van der Waals surface area contributed by atoms with Crippen LogP contribution in [-0.4, -0.2) is 59.3 Å². The highest BCUT2D eigenvalue weighted by molar-refractivity contribution is 7.99. The molecule has 1 aromatic heterocycles. The van der Waals surface area contributed by atoms with E-state index in [1.165, 1.54) is 0 Å². The van der Waals surface area contributed by atoms with Crippen LogP contribution in [0.2, 0.25) is 0 Å². The topological polar surface area (TPSA) is 49.6 Å².